The molecule has 2 atom stereocenters. The van der Waals surface area contributed by atoms with Gasteiger partial charge in [0, 0.05) is 11.9 Å². The number of hydrogen-bond donors (Lipinski definition) is 0. The van der Waals surface area contributed by atoms with E-state index in [-0.39, 0.29) is 11.8 Å². The quantitative estimate of drug-likeness (QED) is 0.496. The molecule has 0 aromatic rings. The van der Waals surface area contributed by atoms with Crippen LogP contribution in [0.25, 0.3) is 0 Å². The number of rotatable bonds is 12. The number of hydrogen-bond acceptors (Lipinski definition) is 2. The van der Waals surface area contributed by atoms with Crippen molar-refractivity contribution in [1.29, 1.82) is 0 Å². The van der Waals surface area contributed by atoms with Gasteiger partial charge >= 0.3 is 0 Å². The van der Waals surface area contributed by atoms with Crippen LogP contribution in [0.2, 0.25) is 0 Å². The first-order chi connectivity index (χ1) is 8.63. The highest BCUT2D eigenvalue weighted by atomic mass is 16.4. The standard InChI is InChI=1S/C16H32O2/c1-4-6-8-9-10-11-12-14(3)15(16(17)18)13-7-5-2/h14-15H,4-13H2,1-3H3,(H,17,18)/p-1. The van der Waals surface area contributed by atoms with Gasteiger partial charge in [-0.05, 0) is 12.3 Å². The smallest absolute Gasteiger partial charge is 0.0447 e. The Bertz CT molecular complexity index is 201. The van der Waals surface area contributed by atoms with Crippen molar-refractivity contribution >= 4 is 5.97 Å². The second-order valence-corrected chi connectivity index (χ2v) is 5.60. The van der Waals surface area contributed by atoms with Crippen LogP contribution in [-0.4, -0.2) is 5.97 Å². The van der Waals surface area contributed by atoms with Gasteiger partial charge in [0.15, 0.2) is 0 Å². The van der Waals surface area contributed by atoms with E-state index in [4.69, 9.17) is 0 Å². The van der Waals surface area contributed by atoms with Gasteiger partial charge in [-0.1, -0.05) is 78.6 Å². The second-order valence-electron chi connectivity index (χ2n) is 5.60. The zero-order valence-corrected chi connectivity index (χ0v) is 12.5. The molecule has 2 heteroatoms. The number of carboxylic acids is 1. The molecule has 2 unspecified atom stereocenters. The van der Waals surface area contributed by atoms with Crippen molar-refractivity contribution < 1.29 is 9.90 Å². The predicted molar refractivity (Wildman–Crippen MR) is 75.2 cm³/mol. The minimum Gasteiger partial charge on any atom is -0.550 e. The Kier molecular flexibility index (Phi) is 11.2. The van der Waals surface area contributed by atoms with Gasteiger partial charge in [0.1, 0.15) is 0 Å². The summed E-state index contributed by atoms with van der Waals surface area (Å²) in [5.41, 5.74) is 0. The lowest BCUT2D eigenvalue weighted by Gasteiger charge is -2.24. The van der Waals surface area contributed by atoms with Crippen molar-refractivity contribution in [2.45, 2.75) is 85.0 Å². The maximum Gasteiger partial charge on any atom is 0.0447 e. The summed E-state index contributed by atoms with van der Waals surface area (Å²) < 4.78 is 0. The van der Waals surface area contributed by atoms with Crippen LogP contribution in [0.5, 0.6) is 0 Å². The summed E-state index contributed by atoms with van der Waals surface area (Å²) in [4.78, 5) is 11.1. The van der Waals surface area contributed by atoms with E-state index < -0.39 is 5.97 Å². The fraction of sp³-hybridized carbons (Fsp3) is 0.938. The minimum absolute atomic E-state index is 0.236. The molecular weight excluding hydrogens is 224 g/mol. The molecule has 108 valence electrons. The van der Waals surface area contributed by atoms with Crippen LogP contribution in [0.4, 0.5) is 0 Å². The molecule has 0 aromatic heterocycles. The molecule has 0 amide bonds. The zero-order valence-electron chi connectivity index (χ0n) is 12.5. The van der Waals surface area contributed by atoms with Crippen LogP contribution in [0.1, 0.15) is 85.0 Å². The summed E-state index contributed by atoms with van der Waals surface area (Å²) in [6, 6.07) is 0. The Hall–Kier alpha value is -0.530. The van der Waals surface area contributed by atoms with E-state index in [2.05, 4.69) is 20.8 Å². The molecule has 0 heterocycles. The van der Waals surface area contributed by atoms with Gasteiger partial charge in [0.05, 0.1) is 0 Å². The van der Waals surface area contributed by atoms with E-state index in [1.54, 1.807) is 0 Å². The highest BCUT2D eigenvalue weighted by Crippen LogP contribution is 2.23. The number of unbranched alkanes of at least 4 members (excludes halogenated alkanes) is 6. The van der Waals surface area contributed by atoms with Crippen LogP contribution in [0.15, 0.2) is 0 Å². The zero-order chi connectivity index (χ0) is 13.8. The molecule has 0 aliphatic carbocycles. The van der Waals surface area contributed by atoms with E-state index in [1.807, 2.05) is 0 Å². The molecule has 0 aliphatic heterocycles. The lowest BCUT2D eigenvalue weighted by Crippen LogP contribution is -2.35. The van der Waals surface area contributed by atoms with Gasteiger partial charge in [0.2, 0.25) is 0 Å². The summed E-state index contributed by atoms with van der Waals surface area (Å²) in [6.07, 6.45) is 11.5. The Morgan fingerprint density at radius 1 is 0.889 bits per heavy atom. The van der Waals surface area contributed by atoms with E-state index in [9.17, 15) is 9.90 Å². The van der Waals surface area contributed by atoms with Crippen LogP contribution in [0, 0.1) is 11.8 Å². The maximum atomic E-state index is 11.1. The second kappa shape index (κ2) is 11.6. The van der Waals surface area contributed by atoms with Gasteiger partial charge in [-0.2, -0.15) is 0 Å². The third-order valence-corrected chi connectivity index (χ3v) is 3.87. The average Bonchev–Trinajstić information content (AvgIpc) is 2.33. The number of aliphatic carboxylic acids is 1. The van der Waals surface area contributed by atoms with Gasteiger partial charge in [-0.15, -0.1) is 0 Å². The van der Waals surface area contributed by atoms with Gasteiger partial charge < -0.3 is 9.90 Å². The van der Waals surface area contributed by atoms with Crippen molar-refractivity contribution in [2.75, 3.05) is 0 Å². The van der Waals surface area contributed by atoms with Crippen LogP contribution in [-0.2, 0) is 4.79 Å². The van der Waals surface area contributed by atoms with Gasteiger partial charge in [-0.3, -0.25) is 0 Å². The first kappa shape index (κ1) is 17.5. The van der Waals surface area contributed by atoms with Crippen molar-refractivity contribution in [3.63, 3.8) is 0 Å². The number of carbonyl (C=O) groups excluding carboxylic acids is 1. The third-order valence-electron chi connectivity index (χ3n) is 3.87. The molecule has 0 saturated carbocycles. The molecule has 0 spiro atoms. The molecule has 2 nitrogen and oxygen atoms in total. The minimum atomic E-state index is -0.845. The summed E-state index contributed by atoms with van der Waals surface area (Å²) in [6.45, 7) is 6.40. The molecule has 0 rings (SSSR count). The average molecular weight is 255 g/mol. The van der Waals surface area contributed by atoms with Crippen molar-refractivity contribution in [2.24, 2.45) is 11.8 Å². The molecule has 18 heavy (non-hydrogen) atoms. The van der Waals surface area contributed by atoms with Crippen LogP contribution in [0.3, 0.4) is 0 Å². The van der Waals surface area contributed by atoms with Crippen LogP contribution >= 0.6 is 0 Å². The monoisotopic (exact) mass is 255 g/mol. The largest absolute Gasteiger partial charge is 0.550 e. The van der Waals surface area contributed by atoms with E-state index in [1.165, 1.54) is 38.5 Å². The molecule has 0 aliphatic rings. The molecule has 0 radical (unpaired) electrons. The van der Waals surface area contributed by atoms with Gasteiger partial charge in [-0.25, -0.2) is 0 Å². The SMILES string of the molecule is CCCCCCCCC(C)C(CCCC)C(=O)[O-]. The summed E-state index contributed by atoms with van der Waals surface area (Å²) in [5, 5.41) is 11.1. The van der Waals surface area contributed by atoms with E-state index in [0.717, 1.165) is 25.7 Å². The summed E-state index contributed by atoms with van der Waals surface area (Å²) in [5.74, 6) is -0.810. The summed E-state index contributed by atoms with van der Waals surface area (Å²) >= 11 is 0. The Labute approximate surface area is 113 Å². The fourth-order valence-electron chi connectivity index (χ4n) is 2.51. The van der Waals surface area contributed by atoms with Crippen molar-refractivity contribution in [3.8, 4) is 0 Å². The number of carbonyl (C=O) groups is 1. The fourth-order valence-corrected chi connectivity index (χ4v) is 2.51. The van der Waals surface area contributed by atoms with Crippen LogP contribution < -0.4 is 5.11 Å². The molecular formula is C16H31O2-. The van der Waals surface area contributed by atoms with Crippen molar-refractivity contribution in [1.82, 2.24) is 0 Å². The Morgan fingerprint density at radius 3 is 2.00 bits per heavy atom. The third kappa shape index (κ3) is 8.54. The summed E-state index contributed by atoms with van der Waals surface area (Å²) in [7, 11) is 0. The number of carboxylic acid groups (broad SMARTS) is 1. The normalized spacial score (nSPS) is 14.4. The van der Waals surface area contributed by atoms with E-state index >= 15 is 0 Å². The molecule has 0 bridgehead atoms. The first-order valence-electron chi connectivity index (χ1n) is 7.84. The molecule has 0 aromatic carbocycles. The van der Waals surface area contributed by atoms with Gasteiger partial charge in [0.25, 0.3) is 0 Å². The molecule has 0 saturated heterocycles. The first-order valence-corrected chi connectivity index (χ1v) is 7.84. The lowest BCUT2D eigenvalue weighted by atomic mass is 9.85. The van der Waals surface area contributed by atoms with Crippen molar-refractivity contribution in [3.05, 3.63) is 0 Å². The highest BCUT2D eigenvalue weighted by molar-refractivity contribution is 5.67. The Balaban J connectivity index is 3.74. The lowest BCUT2D eigenvalue weighted by molar-refractivity contribution is -0.313. The maximum absolute atomic E-state index is 11.1. The Morgan fingerprint density at radius 2 is 1.44 bits per heavy atom. The van der Waals surface area contributed by atoms with E-state index in [0.29, 0.717) is 0 Å². The molecule has 0 N–H and O–H groups in total. The predicted octanol–water partition coefficient (Wildman–Crippen LogP) is 3.93. The molecule has 0 fully saturated rings. The topological polar surface area (TPSA) is 40.1 Å². The highest BCUT2D eigenvalue weighted by Gasteiger charge is 2.17.